The molecule has 0 bridgehead atoms. The molecule has 0 saturated carbocycles. The molecule has 0 aliphatic heterocycles. The van der Waals surface area contributed by atoms with Crippen molar-refractivity contribution in [1.29, 1.82) is 0 Å². The average molecular weight is 610 g/mol. The summed E-state index contributed by atoms with van der Waals surface area (Å²) in [7, 11) is 0. The SMILES string of the molecule is c1ccc2c(-c3c4ccccc4c(-c4nccc5ccccc45)c4ccc(-c5cc6ccccc6c6ncccc56)cc34)cncc2c1. The lowest BCUT2D eigenvalue weighted by Gasteiger charge is -2.20. The Morgan fingerprint density at radius 1 is 0.354 bits per heavy atom. The van der Waals surface area contributed by atoms with E-state index in [2.05, 4.69) is 133 Å². The van der Waals surface area contributed by atoms with E-state index in [1.165, 1.54) is 43.4 Å². The molecule has 48 heavy (non-hydrogen) atoms. The number of aromatic nitrogens is 3. The van der Waals surface area contributed by atoms with Crippen LogP contribution in [0.5, 0.6) is 0 Å². The number of pyridine rings is 3. The third-order valence-corrected chi connectivity index (χ3v) is 9.80. The third kappa shape index (κ3) is 3.98. The van der Waals surface area contributed by atoms with Gasteiger partial charge in [-0.15, -0.1) is 0 Å². The van der Waals surface area contributed by atoms with Gasteiger partial charge in [-0.1, -0.05) is 115 Å². The molecule has 0 amide bonds. The van der Waals surface area contributed by atoms with Crippen molar-refractivity contribution in [2.45, 2.75) is 0 Å². The van der Waals surface area contributed by atoms with Gasteiger partial charge in [0.15, 0.2) is 0 Å². The quantitative estimate of drug-likeness (QED) is 0.148. The Balaban J connectivity index is 1.39. The van der Waals surface area contributed by atoms with Crippen LogP contribution in [-0.4, -0.2) is 15.0 Å². The fourth-order valence-corrected chi connectivity index (χ4v) is 7.67. The van der Waals surface area contributed by atoms with Crippen LogP contribution in [-0.2, 0) is 0 Å². The van der Waals surface area contributed by atoms with E-state index in [0.717, 1.165) is 54.8 Å². The fraction of sp³-hybridized carbons (Fsp3) is 0. The van der Waals surface area contributed by atoms with Gasteiger partial charge < -0.3 is 0 Å². The van der Waals surface area contributed by atoms with Gasteiger partial charge in [0.05, 0.1) is 11.2 Å². The number of fused-ring (bicyclic) bond motifs is 7. The van der Waals surface area contributed by atoms with Gasteiger partial charge in [-0.25, -0.2) is 0 Å². The van der Waals surface area contributed by atoms with E-state index in [9.17, 15) is 0 Å². The Kier molecular flexibility index (Phi) is 5.87. The summed E-state index contributed by atoms with van der Waals surface area (Å²) in [5.74, 6) is 0. The lowest BCUT2D eigenvalue weighted by Crippen LogP contribution is -1.95. The van der Waals surface area contributed by atoms with Crippen molar-refractivity contribution in [3.8, 4) is 33.5 Å². The van der Waals surface area contributed by atoms with Gasteiger partial charge >= 0.3 is 0 Å². The average Bonchev–Trinajstić information content (AvgIpc) is 3.16. The molecule has 0 unspecified atom stereocenters. The first kappa shape index (κ1) is 26.7. The molecular weight excluding hydrogens is 583 g/mol. The zero-order valence-electron chi connectivity index (χ0n) is 25.9. The molecule has 0 atom stereocenters. The molecule has 0 fully saturated rings. The number of hydrogen-bond donors (Lipinski definition) is 0. The maximum Gasteiger partial charge on any atom is 0.0792 e. The standard InChI is InChI=1S/C45H27N3/c1-5-14-33-28(10-1)21-23-48-45(33)43-36-17-8-7-16-35(36)42(41-27-46-26-31-12-3-4-13-32(31)41)40-25-30(19-20-37(40)43)39-24-29-11-2-6-15-34(29)44-38(39)18-9-22-47-44/h1-27H. The largest absolute Gasteiger partial charge is 0.263 e. The Morgan fingerprint density at radius 3 is 1.88 bits per heavy atom. The minimum Gasteiger partial charge on any atom is -0.263 e. The van der Waals surface area contributed by atoms with E-state index in [4.69, 9.17) is 15.0 Å². The topological polar surface area (TPSA) is 38.7 Å². The molecule has 3 aromatic heterocycles. The Bertz CT molecular complexity index is 2900. The Morgan fingerprint density at radius 2 is 1.02 bits per heavy atom. The number of rotatable bonds is 3. The van der Waals surface area contributed by atoms with Crippen LogP contribution in [0.4, 0.5) is 0 Å². The third-order valence-electron chi connectivity index (χ3n) is 9.80. The first-order valence-electron chi connectivity index (χ1n) is 16.3. The van der Waals surface area contributed by atoms with Gasteiger partial charge in [-0.3, -0.25) is 15.0 Å². The van der Waals surface area contributed by atoms with Crippen LogP contribution in [0.3, 0.4) is 0 Å². The van der Waals surface area contributed by atoms with Crippen molar-refractivity contribution < 1.29 is 0 Å². The van der Waals surface area contributed by atoms with E-state index < -0.39 is 0 Å². The van der Waals surface area contributed by atoms with Crippen LogP contribution in [0.15, 0.2) is 164 Å². The van der Waals surface area contributed by atoms with Crippen molar-refractivity contribution in [3.05, 3.63) is 164 Å². The van der Waals surface area contributed by atoms with Gasteiger partial charge in [0.1, 0.15) is 0 Å². The summed E-state index contributed by atoms with van der Waals surface area (Å²) in [4.78, 5) is 14.7. The summed E-state index contributed by atoms with van der Waals surface area (Å²) in [5.41, 5.74) is 7.76. The maximum atomic E-state index is 5.06. The highest BCUT2D eigenvalue weighted by Gasteiger charge is 2.21. The highest BCUT2D eigenvalue weighted by atomic mass is 14.7. The second-order valence-corrected chi connectivity index (χ2v) is 12.4. The minimum absolute atomic E-state index is 0.991. The highest BCUT2D eigenvalue weighted by molar-refractivity contribution is 6.25. The minimum atomic E-state index is 0.991. The smallest absolute Gasteiger partial charge is 0.0792 e. The molecule has 0 N–H and O–H groups in total. The molecule has 10 aromatic rings. The van der Waals surface area contributed by atoms with E-state index in [0.29, 0.717) is 0 Å². The summed E-state index contributed by atoms with van der Waals surface area (Å²) in [6.07, 6.45) is 7.81. The van der Waals surface area contributed by atoms with Crippen LogP contribution in [0.1, 0.15) is 0 Å². The van der Waals surface area contributed by atoms with E-state index >= 15 is 0 Å². The predicted molar refractivity (Wildman–Crippen MR) is 201 cm³/mol. The van der Waals surface area contributed by atoms with Gasteiger partial charge in [0.25, 0.3) is 0 Å². The van der Waals surface area contributed by atoms with Gasteiger partial charge in [-0.05, 0) is 78.7 Å². The van der Waals surface area contributed by atoms with E-state index in [-0.39, 0.29) is 0 Å². The number of hydrogen-bond acceptors (Lipinski definition) is 3. The molecule has 222 valence electrons. The van der Waals surface area contributed by atoms with Gasteiger partial charge in [-0.2, -0.15) is 0 Å². The maximum absolute atomic E-state index is 5.06. The summed E-state index contributed by atoms with van der Waals surface area (Å²) in [5, 5.41) is 12.8. The highest BCUT2D eigenvalue weighted by Crippen LogP contribution is 2.47. The molecule has 0 saturated heterocycles. The van der Waals surface area contributed by atoms with Crippen LogP contribution >= 0.6 is 0 Å². The monoisotopic (exact) mass is 609 g/mol. The molecule has 3 heteroatoms. The summed E-state index contributed by atoms with van der Waals surface area (Å²) < 4.78 is 0. The lowest BCUT2D eigenvalue weighted by molar-refractivity contribution is 1.36. The Labute approximate surface area is 276 Å². The zero-order chi connectivity index (χ0) is 31.6. The van der Waals surface area contributed by atoms with Crippen LogP contribution in [0.2, 0.25) is 0 Å². The molecule has 3 heterocycles. The first-order chi connectivity index (χ1) is 23.8. The van der Waals surface area contributed by atoms with Crippen molar-refractivity contribution in [2.24, 2.45) is 0 Å². The predicted octanol–water partition coefficient (Wildman–Crippen LogP) is 11.8. The fourth-order valence-electron chi connectivity index (χ4n) is 7.67. The summed E-state index contributed by atoms with van der Waals surface area (Å²) in [6, 6.07) is 50.0. The molecule has 3 nitrogen and oxygen atoms in total. The normalized spacial score (nSPS) is 11.8. The van der Waals surface area contributed by atoms with Gasteiger partial charge in [0.2, 0.25) is 0 Å². The molecule has 0 aliphatic rings. The molecule has 0 spiro atoms. The molecule has 7 aromatic carbocycles. The van der Waals surface area contributed by atoms with Crippen molar-refractivity contribution in [3.63, 3.8) is 0 Å². The summed E-state index contributed by atoms with van der Waals surface area (Å²) >= 11 is 0. The second kappa shape index (κ2) is 10.5. The number of benzene rings is 7. The van der Waals surface area contributed by atoms with Gasteiger partial charge in [0, 0.05) is 57.5 Å². The van der Waals surface area contributed by atoms with Crippen LogP contribution in [0.25, 0.3) is 98.3 Å². The molecule has 0 radical (unpaired) electrons. The zero-order valence-corrected chi connectivity index (χ0v) is 25.9. The molecular formula is C45H27N3. The van der Waals surface area contributed by atoms with Crippen molar-refractivity contribution in [2.75, 3.05) is 0 Å². The Hall–Kier alpha value is -6.45. The first-order valence-corrected chi connectivity index (χ1v) is 16.3. The van der Waals surface area contributed by atoms with Crippen LogP contribution in [0, 0.1) is 0 Å². The van der Waals surface area contributed by atoms with Crippen molar-refractivity contribution >= 4 is 64.8 Å². The van der Waals surface area contributed by atoms with E-state index in [1.54, 1.807) is 0 Å². The van der Waals surface area contributed by atoms with Crippen LogP contribution < -0.4 is 0 Å². The molecule has 10 rings (SSSR count). The summed E-state index contributed by atoms with van der Waals surface area (Å²) in [6.45, 7) is 0. The lowest BCUT2D eigenvalue weighted by atomic mass is 9.84. The van der Waals surface area contributed by atoms with E-state index in [1.807, 2.05) is 30.9 Å². The van der Waals surface area contributed by atoms with Crippen molar-refractivity contribution in [1.82, 2.24) is 15.0 Å². The number of nitrogens with zero attached hydrogens (tertiary/aromatic N) is 3. The molecule has 0 aliphatic carbocycles. The second-order valence-electron chi connectivity index (χ2n) is 12.4.